The van der Waals surface area contributed by atoms with E-state index in [2.05, 4.69) is 15.6 Å². The zero-order valence-electron chi connectivity index (χ0n) is 10.5. The summed E-state index contributed by atoms with van der Waals surface area (Å²) in [7, 11) is 0. The molecule has 1 aromatic carbocycles. The van der Waals surface area contributed by atoms with Crippen molar-refractivity contribution in [1.29, 1.82) is 0 Å². The summed E-state index contributed by atoms with van der Waals surface area (Å²) in [5.41, 5.74) is 1.38. The number of H-pyrrole nitrogens is 1. The molecule has 0 aliphatic carbocycles. The molecular weight excluding hydrogens is 301 g/mol. The molecule has 0 aliphatic rings. The summed E-state index contributed by atoms with van der Waals surface area (Å²) in [5, 5.41) is 6.14. The lowest BCUT2D eigenvalue weighted by Gasteiger charge is -2.06. The highest BCUT2D eigenvalue weighted by molar-refractivity contribution is 6.53. The van der Waals surface area contributed by atoms with E-state index in [0.717, 1.165) is 10.9 Å². The lowest BCUT2D eigenvalue weighted by molar-refractivity contribution is -0.119. The average Bonchev–Trinajstić information content (AvgIpc) is 2.86. The molecule has 0 fully saturated rings. The first kappa shape index (κ1) is 14.7. The topological polar surface area (TPSA) is 74.0 Å². The van der Waals surface area contributed by atoms with Crippen molar-refractivity contribution in [2.24, 2.45) is 0 Å². The van der Waals surface area contributed by atoms with E-state index in [1.54, 1.807) is 6.07 Å². The van der Waals surface area contributed by atoms with E-state index in [0.29, 0.717) is 12.2 Å². The second-order valence-electron chi connectivity index (χ2n) is 4.12. The molecule has 20 heavy (non-hydrogen) atoms. The van der Waals surface area contributed by atoms with Crippen molar-refractivity contribution in [3.8, 4) is 0 Å². The Hall–Kier alpha value is -1.72. The van der Waals surface area contributed by atoms with Gasteiger partial charge in [0.05, 0.1) is 0 Å². The van der Waals surface area contributed by atoms with Crippen LogP contribution in [0.3, 0.4) is 0 Å². The molecule has 0 atom stereocenters. The zero-order chi connectivity index (χ0) is 14.5. The molecule has 0 spiro atoms. The van der Waals surface area contributed by atoms with Gasteiger partial charge in [-0.25, -0.2) is 0 Å². The third-order valence-corrected chi connectivity index (χ3v) is 3.08. The number of hydrogen-bond donors (Lipinski definition) is 3. The Morgan fingerprint density at radius 2 is 1.85 bits per heavy atom. The molecule has 0 unspecified atom stereocenters. The van der Waals surface area contributed by atoms with E-state index in [1.165, 1.54) is 0 Å². The summed E-state index contributed by atoms with van der Waals surface area (Å²) >= 11 is 10.7. The van der Waals surface area contributed by atoms with Crippen LogP contribution >= 0.6 is 23.2 Å². The highest BCUT2D eigenvalue weighted by Crippen LogP contribution is 2.14. The fourth-order valence-electron chi connectivity index (χ4n) is 1.73. The molecule has 0 bridgehead atoms. The van der Waals surface area contributed by atoms with Crippen LogP contribution in [0.2, 0.25) is 0 Å². The Balaban J connectivity index is 1.84. The number of amides is 2. The van der Waals surface area contributed by atoms with E-state index >= 15 is 0 Å². The number of aromatic nitrogens is 1. The number of hydrogen-bond acceptors (Lipinski definition) is 2. The van der Waals surface area contributed by atoms with E-state index in [1.807, 2.05) is 24.3 Å². The number of nitrogens with one attached hydrogen (secondary N) is 3. The third-order valence-electron chi connectivity index (χ3n) is 2.68. The lowest BCUT2D eigenvalue weighted by atomic mass is 10.2. The highest BCUT2D eigenvalue weighted by Gasteiger charge is 2.11. The van der Waals surface area contributed by atoms with Crippen LogP contribution in [-0.4, -0.2) is 34.7 Å². The lowest BCUT2D eigenvalue weighted by Crippen LogP contribution is -2.36. The first-order valence-corrected chi connectivity index (χ1v) is 6.87. The molecule has 1 heterocycles. The molecule has 3 N–H and O–H groups in total. The molecule has 0 radical (unpaired) electrons. The number of rotatable bonds is 5. The van der Waals surface area contributed by atoms with Crippen molar-refractivity contribution in [2.75, 3.05) is 13.1 Å². The van der Waals surface area contributed by atoms with Gasteiger partial charge in [-0.05, 0) is 12.1 Å². The molecule has 2 rings (SSSR count). The van der Waals surface area contributed by atoms with Gasteiger partial charge in [0.2, 0.25) is 0 Å². The Bertz CT molecular complexity index is 592. The zero-order valence-corrected chi connectivity index (χ0v) is 12.0. The summed E-state index contributed by atoms with van der Waals surface area (Å²) < 4.78 is 0. The predicted octanol–water partition coefficient (Wildman–Crippen LogP) is 1.82. The molecule has 0 saturated carbocycles. The van der Waals surface area contributed by atoms with Gasteiger partial charge in [-0.3, -0.25) is 9.59 Å². The number of fused-ring (bicyclic) bond motifs is 1. The summed E-state index contributed by atoms with van der Waals surface area (Å²) in [6, 6.07) is 9.39. The number of benzene rings is 1. The molecular formula is C13H13Cl2N3O2. The number of carbonyl (C=O) groups is 2. The van der Waals surface area contributed by atoms with Crippen LogP contribution in [0, 0.1) is 0 Å². The van der Waals surface area contributed by atoms with E-state index in [-0.39, 0.29) is 12.5 Å². The summed E-state index contributed by atoms with van der Waals surface area (Å²) in [6.07, 6.45) is 0. The third kappa shape index (κ3) is 3.65. The molecule has 2 amide bonds. The Kier molecular flexibility index (Phi) is 4.87. The number of carbonyl (C=O) groups excluding carboxylic acids is 2. The van der Waals surface area contributed by atoms with Crippen molar-refractivity contribution in [3.05, 3.63) is 36.0 Å². The fourth-order valence-corrected chi connectivity index (χ4v) is 1.88. The van der Waals surface area contributed by atoms with Crippen molar-refractivity contribution in [1.82, 2.24) is 15.6 Å². The van der Waals surface area contributed by atoms with E-state index in [4.69, 9.17) is 23.2 Å². The summed E-state index contributed by atoms with van der Waals surface area (Å²) in [4.78, 5) is 24.9. The standard InChI is InChI=1S/C13H13Cl2N3O2/c14-11(15)13(20)17-6-5-16-12(19)10-7-8-3-1-2-4-9(8)18-10/h1-4,7,11,18H,5-6H2,(H,16,19)(H,17,20). The Morgan fingerprint density at radius 3 is 2.55 bits per heavy atom. The van der Waals surface area contributed by atoms with Crippen LogP contribution < -0.4 is 10.6 Å². The second kappa shape index (κ2) is 6.63. The summed E-state index contributed by atoms with van der Waals surface area (Å²) in [5.74, 6) is -0.711. The molecule has 5 nitrogen and oxygen atoms in total. The minimum Gasteiger partial charge on any atom is -0.352 e. The van der Waals surface area contributed by atoms with Gasteiger partial charge in [0.15, 0.2) is 4.84 Å². The van der Waals surface area contributed by atoms with E-state index in [9.17, 15) is 9.59 Å². The van der Waals surface area contributed by atoms with Gasteiger partial charge < -0.3 is 15.6 Å². The first-order chi connectivity index (χ1) is 9.58. The van der Waals surface area contributed by atoms with Gasteiger partial charge in [-0.15, -0.1) is 0 Å². The SMILES string of the molecule is O=C(NCCNC(=O)C(Cl)Cl)c1cc2ccccc2[nH]1. The van der Waals surface area contributed by atoms with Gasteiger partial charge in [-0.1, -0.05) is 41.4 Å². The molecule has 2 aromatic rings. The Morgan fingerprint density at radius 1 is 1.15 bits per heavy atom. The van der Waals surface area contributed by atoms with Crippen molar-refractivity contribution in [3.63, 3.8) is 0 Å². The van der Waals surface area contributed by atoms with Crippen molar-refractivity contribution in [2.45, 2.75) is 4.84 Å². The fraction of sp³-hybridized carbons (Fsp3) is 0.231. The van der Waals surface area contributed by atoms with Crippen LogP contribution in [0.1, 0.15) is 10.5 Å². The van der Waals surface area contributed by atoms with Crippen molar-refractivity contribution >= 4 is 45.9 Å². The van der Waals surface area contributed by atoms with Gasteiger partial charge in [0, 0.05) is 24.0 Å². The maximum atomic E-state index is 11.9. The maximum absolute atomic E-state index is 11.9. The van der Waals surface area contributed by atoms with Crippen LogP contribution in [0.5, 0.6) is 0 Å². The quantitative estimate of drug-likeness (QED) is 0.582. The largest absolute Gasteiger partial charge is 0.352 e. The first-order valence-electron chi connectivity index (χ1n) is 6.00. The van der Waals surface area contributed by atoms with E-state index < -0.39 is 10.7 Å². The molecule has 106 valence electrons. The number of para-hydroxylation sites is 1. The average molecular weight is 314 g/mol. The van der Waals surface area contributed by atoms with Crippen molar-refractivity contribution < 1.29 is 9.59 Å². The highest BCUT2D eigenvalue weighted by atomic mass is 35.5. The second-order valence-corrected chi connectivity index (χ2v) is 5.21. The predicted molar refractivity (Wildman–Crippen MR) is 79.1 cm³/mol. The molecule has 0 saturated heterocycles. The number of halogens is 2. The minimum atomic E-state index is -1.10. The van der Waals surface area contributed by atoms with Gasteiger partial charge in [0.25, 0.3) is 11.8 Å². The van der Waals surface area contributed by atoms with Crippen LogP contribution in [0.15, 0.2) is 30.3 Å². The molecule has 7 heteroatoms. The Labute approximate surface area is 125 Å². The van der Waals surface area contributed by atoms with Crippen LogP contribution in [0.4, 0.5) is 0 Å². The van der Waals surface area contributed by atoms with Crippen LogP contribution in [0.25, 0.3) is 10.9 Å². The number of alkyl halides is 2. The number of aromatic amines is 1. The van der Waals surface area contributed by atoms with Gasteiger partial charge >= 0.3 is 0 Å². The van der Waals surface area contributed by atoms with Gasteiger partial charge in [0.1, 0.15) is 5.69 Å². The summed E-state index contributed by atoms with van der Waals surface area (Å²) in [6.45, 7) is 0.557. The molecule has 1 aromatic heterocycles. The monoisotopic (exact) mass is 313 g/mol. The smallest absolute Gasteiger partial charge is 0.267 e. The normalized spacial score (nSPS) is 10.8. The van der Waals surface area contributed by atoms with Crippen LogP contribution in [-0.2, 0) is 4.79 Å². The van der Waals surface area contributed by atoms with Gasteiger partial charge in [-0.2, -0.15) is 0 Å². The maximum Gasteiger partial charge on any atom is 0.267 e. The minimum absolute atomic E-state index is 0.233. The molecule has 0 aliphatic heterocycles.